The third kappa shape index (κ3) is 2.75. The number of hydrogen-bond donors (Lipinski definition) is 1. The summed E-state index contributed by atoms with van der Waals surface area (Å²) in [4.78, 5) is 5.69. The molecule has 1 aliphatic rings. The molecule has 1 unspecified atom stereocenters. The smallest absolute Gasteiger partial charge is 0.237 e. The first kappa shape index (κ1) is 13.3. The highest BCUT2D eigenvalue weighted by Gasteiger charge is 2.23. The van der Waals surface area contributed by atoms with Crippen molar-refractivity contribution >= 4 is 17.4 Å². The number of fused-ring (bicyclic) bond motifs is 1. The van der Waals surface area contributed by atoms with Gasteiger partial charge in [0.2, 0.25) is 5.88 Å². The van der Waals surface area contributed by atoms with Crippen molar-refractivity contribution in [1.29, 1.82) is 0 Å². The molecule has 1 aliphatic heterocycles. The third-order valence-electron chi connectivity index (χ3n) is 3.15. The highest BCUT2D eigenvalue weighted by Crippen LogP contribution is 2.40. The lowest BCUT2D eigenvalue weighted by molar-refractivity contribution is 0.234. The van der Waals surface area contributed by atoms with Gasteiger partial charge < -0.3 is 10.1 Å². The van der Waals surface area contributed by atoms with E-state index in [4.69, 9.17) is 4.74 Å². The molecule has 2 aromatic rings. The quantitative estimate of drug-likeness (QED) is 0.916. The van der Waals surface area contributed by atoms with E-state index in [0.29, 0.717) is 11.9 Å². The standard InChI is InChI=1S/C16H18N2OS/c1-11(2)19-16-13(7-5-9-17-16)18-14-10-20-15-8-4-3-6-12(14)15/h3-9,11,14,18H,10H2,1-2H3. The number of nitrogens with one attached hydrogen (secondary N) is 1. The number of hydrogen-bond acceptors (Lipinski definition) is 4. The molecular formula is C16H18N2OS. The summed E-state index contributed by atoms with van der Waals surface area (Å²) >= 11 is 1.89. The maximum atomic E-state index is 5.76. The lowest BCUT2D eigenvalue weighted by Gasteiger charge is -2.18. The molecule has 104 valence electrons. The highest BCUT2D eigenvalue weighted by molar-refractivity contribution is 7.99. The van der Waals surface area contributed by atoms with Crippen LogP contribution in [0.4, 0.5) is 5.69 Å². The molecule has 0 aliphatic carbocycles. The molecule has 20 heavy (non-hydrogen) atoms. The molecule has 0 amide bonds. The Morgan fingerprint density at radius 1 is 1.25 bits per heavy atom. The van der Waals surface area contributed by atoms with Gasteiger partial charge in [-0.2, -0.15) is 0 Å². The van der Waals surface area contributed by atoms with Crippen molar-refractivity contribution in [3.63, 3.8) is 0 Å². The van der Waals surface area contributed by atoms with E-state index in [-0.39, 0.29) is 6.10 Å². The zero-order chi connectivity index (χ0) is 13.9. The van der Waals surface area contributed by atoms with Crippen LogP contribution in [0.25, 0.3) is 0 Å². The van der Waals surface area contributed by atoms with Gasteiger partial charge in [0, 0.05) is 16.8 Å². The Hall–Kier alpha value is -1.68. The number of pyridine rings is 1. The SMILES string of the molecule is CC(C)Oc1ncccc1NC1CSc2ccccc21. The van der Waals surface area contributed by atoms with Gasteiger partial charge in [0.15, 0.2) is 0 Å². The second-order valence-corrected chi connectivity index (χ2v) is 6.13. The predicted octanol–water partition coefficient (Wildman–Crippen LogP) is 4.13. The molecule has 1 aromatic heterocycles. The van der Waals surface area contributed by atoms with E-state index in [1.807, 2.05) is 37.7 Å². The lowest BCUT2D eigenvalue weighted by Crippen LogP contribution is -2.13. The van der Waals surface area contributed by atoms with E-state index in [2.05, 4.69) is 34.6 Å². The van der Waals surface area contributed by atoms with Crippen molar-refractivity contribution in [2.24, 2.45) is 0 Å². The van der Waals surface area contributed by atoms with Crippen LogP contribution in [0.15, 0.2) is 47.5 Å². The number of thioether (sulfide) groups is 1. The monoisotopic (exact) mass is 286 g/mol. The minimum atomic E-state index is 0.121. The number of rotatable bonds is 4. The Morgan fingerprint density at radius 3 is 2.95 bits per heavy atom. The second-order valence-electron chi connectivity index (χ2n) is 5.07. The van der Waals surface area contributed by atoms with Crippen molar-refractivity contribution in [2.45, 2.75) is 30.9 Å². The predicted molar refractivity (Wildman–Crippen MR) is 83.5 cm³/mol. The molecule has 0 bridgehead atoms. The number of nitrogens with zero attached hydrogens (tertiary/aromatic N) is 1. The van der Waals surface area contributed by atoms with E-state index in [0.717, 1.165) is 11.4 Å². The largest absolute Gasteiger partial charge is 0.473 e. The van der Waals surface area contributed by atoms with Crippen molar-refractivity contribution in [3.8, 4) is 5.88 Å². The van der Waals surface area contributed by atoms with Crippen molar-refractivity contribution in [2.75, 3.05) is 11.1 Å². The zero-order valence-electron chi connectivity index (χ0n) is 11.7. The summed E-state index contributed by atoms with van der Waals surface area (Å²) in [6, 6.07) is 12.8. The van der Waals surface area contributed by atoms with E-state index in [9.17, 15) is 0 Å². The van der Waals surface area contributed by atoms with Gasteiger partial charge in [-0.1, -0.05) is 18.2 Å². The first-order valence-electron chi connectivity index (χ1n) is 6.84. The van der Waals surface area contributed by atoms with E-state index in [1.165, 1.54) is 10.5 Å². The van der Waals surface area contributed by atoms with Crippen LogP contribution in [0.3, 0.4) is 0 Å². The Labute approximate surface area is 123 Å². The van der Waals surface area contributed by atoms with Crippen molar-refractivity contribution in [1.82, 2.24) is 4.98 Å². The van der Waals surface area contributed by atoms with Crippen LogP contribution in [0, 0.1) is 0 Å². The van der Waals surface area contributed by atoms with Gasteiger partial charge in [-0.15, -0.1) is 11.8 Å². The van der Waals surface area contributed by atoms with Gasteiger partial charge in [0.1, 0.15) is 0 Å². The topological polar surface area (TPSA) is 34.1 Å². The van der Waals surface area contributed by atoms with E-state index in [1.54, 1.807) is 6.20 Å². The molecule has 2 heterocycles. The third-order valence-corrected chi connectivity index (χ3v) is 4.33. The molecule has 0 fully saturated rings. The fraction of sp³-hybridized carbons (Fsp3) is 0.312. The lowest BCUT2D eigenvalue weighted by atomic mass is 10.1. The number of benzene rings is 1. The van der Waals surface area contributed by atoms with Crippen LogP contribution < -0.4 is 10.1 Å². The van der Waals surface area contributed by atoms with Crippen LogP contribution in [0.1, 0.15) is 25.5 Å². The molecule has 0 saturated carbocycles. The van der Waals surface area contributed by atoms with Gasteiger partial charge in [0.05, 0.1) is 17.8 Å². The summed E-state index contributed by atoms with van der Waals surface area (Å²) in [5.74, 6) is 1.71. The molecule has 3 rings (SSSR count). The van der Waals surface area contributed by atoms with Gasteiger partial charge in [-0.25, -0.2) is 4.98 Å². The van der Waals surface area contributed by atoms with Crippen molar-refractivity contribution in [3.05, 3.63) is 48.2 Å². The molecule has 4 heteroatoms. The summed E-state index contributed by atoms with van der Waals surface area (Å²) < 4.78 is 5.76. The fourth-order valence-corrected chi connectivity index (χ4v) is 3.45. The Morgan fingerprint density at radius 2 is 2.10 bits per heavy atom. The minimum Gasteiger partial charge on any atom is -0.473 e. The number of aromatic nitrogens is 1. The van der Waals surface area contributed by atoms with Gasteiger partial charge in [0.25, 0.3) is 0 Å². The summed E-state index contributed by atoms with van der Waals surface area (Å²) in [5.41, 5.74) is 2.32. The molecule has 1 aromatic carbocycles. The number of ether oxygens (including phenoxy) is 1. The summed E-state index contributed by atoms with van der Waals surface area (Å²) in [5, 5.41) is 3.56. The Balaban J connectivity index is 1.82. The van der Waals surface area contributed by atoms with E-state index < -0.39 is 0 Å². The maximum absolute atomic E-state index is 5.76. The Bertz CT molecular complexity index is 601. The number of anilines is 1. The molecular weight excluding hydrogens is 268 g/mol. The molecule has 3 nitrogen and oxygen atoms in total. The average molecular weight is 286 g/mol. The van der Waals surface area contributed by atoms with Gasteiger partial charge in [-0.3, -0.25) is 0 Å². The van der Waals surface area contributed by atoms with Gasteiger partial charge in [-0.05, 0) is 37.6 Å². The minimum absolute atomic E-state index is 0.121. The molecule has 0 radical (unpaired) electrons. The van der Waals surface area contributed by atoms with Crippen LogP contribution in [-0.2, 0) is 0 Å². The van der Waals surface area contributed by atoms with Crippen LogP contribution in [-0.4, -0.2) is 16.8 Å². The molecule has 0 saturated heterocycles. The Kier molecular flexibility index (Phi) is 3.83. The highest BCUT2D eigenvalue weighted by atomic mass is 32.2. The first-order chi connectivity index (χ1) is 9.74. The molecule has 1 N–H and O–H groups in total. The maximum Gasteiger partial charge on any atom is 0.237 e. The van der Waals surface area contributed by atoms with Gasteiger partial charge >= 0.3 is 0 Å². The van der Waals surface area contributed by atoms with Crippen LogP contribution in [0.5, 0.6) is 5.88 Å². The van der Waals surface area contributed by atoms with Crippen LogP contribution in [0.2, 0.25) is 0 Å². The normalized spacial score (nSPS) is 17.1. The fourth-order valence-electron chi connectivity index (χ4n) is 2.29. The van der Waals surface area contributed by atoms with Crippen LogP contribution >= 0.6 is 11.8 Å². The summed E-state index contributed by atoms with van der Waals surface area (Å²) in [7, 11) is 0. The first-order valence-corrected chi connectivity index (χ1v) is 7.82. The second kappa shape index (κ2) is 5.75. The summed E-state index contributed by atoms with van der Waals surface area (Å²) in [6.07, 6.45) is 1.89. The van der Waals surface area contributed by atoms with Crippen molar-refractivity contribution < 1.29 is 4.74 Å². The average Bonchev–Trinajstić information content (AvgIpc) is 2.84. The zero-order valence-corrected chi connectivity index (χ0v) is 12.5. The molecule has 1 atom stereocenters. The van der Waals surface area contributed by atoms with E-state index >= 15 is 0 Å². The molecule has 0 spiro atoms. The summed E-state index contributed by atoms with van der Waals surface area (Å²) in [6.45, 7) is 4.03.